The molecule has 0 saturated heterocycles. The van der Waals surface area contributed by atoms with Crippen LogP contribution in [0.15, 0.2) is 66.3 Å². The highest BCUT2D eigenvalue weighted by Gasteiger charge is 2.26. The van der Waals surface area contributed by atoms with Gasteiger partial charge >= 0.3 is 0 Å². The van der Waals surface area contributed by atoms with Crippen molar-refractivity contribution in [3.63, 3.8) is 0 Å². The van der Waals surface area contributed by atoms with Crippen LogP contribution in [0, 0.1) is 0 Å². The number of para-hydroxylation sites is 1. The number of nitrogens with one attached hydrogen (secondary N) is 1. The largest absolute Gasteiger partial charge is 0.448 e. The zero-order chi connectivity index (χ0) is 19.5. The predicted molar refractivity (Wildman–Crippen MR) is 114 cm³/mol. The Kier molecular flexibility index (Phi) is 5.30. The van der Waals surface area contributed by atoms with Crippen LogP contribution in [0.2, 0.25) is 0 Å². The lowest BCUT2D eigenvalue weighted by Crippen LogP contribution is -2.17. The second kappa shape index (κ2) is 8.02. The summed E-state index contributed by atoms with van der Waals surface area (Å²) in [4.78, 5) is 4.61. The van der Waals surface area contributed by atoms with E-state index in [1.54, 1.807) is 0 Å². The van der Waals surface area contributed by atoms with Gasteiger partial charge < -0.3 is 10.1 Å². The fraction of sp³-hybridized carbons (Fsp3) is 0.227. The van der Waals surface area contributed by atoms with Gasteiger partial charge in [-0.15, -0.1) is 16.8 Å². The summed E-state index contributed by atoms with van der Waals surface area (Å²) in [6.07, 6.45) is 1.45. The lowest BCUT2D eigenvalue weighted by Gasteiger charge is -2.20. The molecule has 5 nitrogen and oxygen atoms in total. The molecule has 0 bridgehead atoms. The van der Waals surface area contributed by atoms with E-state index in [0.29, 0.717) is 22.6 Å². The zero-order valence-corrected chi connectivity index (χ0v) is 16.7. The average molecular weight is 391 g/mol. The van der Waals surface area contributed by atoms with Gasteiger partial charge in [0.05, 0.1) is 0 Å². The van der Waals surface area contributed by atoms with E-state index >= 15 is 0 Å². The molecular formula is C22H22N4OS. The Labute approximate surface area is 169 Å². The van der Waals surface area contributed by atoms with Crippen LogP contribution in [0.1, 0.15) is 37.1 Å². The predicted octanol–water partition coefficient (Wildman–Crippen LogP) is 5.44. The summed E-state index contributed by atoms with van der Waals surface area (Å²) in [6, 6.07) is 16.5. The quantitative estimate of drug-likeness (QED) is 0.462. The third-order valence-corrected chi connectivity index (χ3v) is 5.40. The van der Waals surface area contributed by atoms with E-state index < -0.39 is 0 Å². The first-order valence-electron chi connectivity index (χ1n) is 9.26. The Morgan fingerprint density at radius 3 is 2.68 bits per heavy atom. The Morgan fingerprint density at radius 2 is 1.93 bits per heavy atom. The first kappa shape index (κ1) is 18.5. The molecule has 28 heavy (non-hydrogen) atoms. The fourth-order valence-corrected chi connectivity index (χ4v) is 3.56. The Hall–Kier alpha value is -2.86. The molecular weight excluding hydrogens is 368 g/mol. The number of ether oxygens (including phenoxy) is 1. The van der Waals surface area contributed by atoms with Gasteiger partial charge in [0.1, 0.15) is 0 Å². The Bertz CT molecular complexity index is 988. The van der Waals surface area contributed by atoms with Crippen LogP contribution in [0.25, 0.3) is 11.3 Å². The number of benzene rings is 2. The molecule has 2 aromatic carbocycles. The number of hydrogen-bond donors (Lipinski definition) is 1. The molecule has 3 aromatic rings. The fourth-order valence-electron chi connectivity index (χ4n) is 3.05. The van der Waals surface area contributed by atoms with Gasteiger partial charge in [-0.3, -0.25) is 0 Å². The van der Waals surface area contributed by atoms with Crippen LogP contribution in [0.4, 0.5) is 5.69 Å². The van der Waals surface area contributed by atoms with Gasteiger partial charge in [-0.05, 0) is 17.5 Å². The number of anilines is 1. The minimum Gasteiger partial charge on any atom is -0.448 e. The SMILES string of the molecule is C=CCSc1nnc2c(n1)O[C@H](c1ccc(C(C)C)cc1)Nc1ccccc1-2. The first-order valence-corrected chi connectivity index (χ1v) is 10.2. The van der Waals surface area contributed by atoms with Crippen molar-refractivity contribution in [2.24, 2.45) is 0 Å². The summed E-state index contributed by atoms with van der Waals surface area (Å²) in [6.45, 7) is 8.12. The monoisotopic (exact) mass is 390 g/mol. The number of rotatable bonds is 5. The third-order valence-electron chi connectivity index (χ3n) is 4.57. The van der Waals surface area contributed by atoms with Crippen molar-refractivity contribution < 1.29 is 4.74 Å². The van der Waals surface area contributed by atoms with Crippen molar-refractivity contribution in [3.8, 4) is 17.1 Å². The highest BCUT2D eigenvalue weighted by atomic mass is 32.2. The smallest absolute Gasteiger partial charge is 0.247 e. The van der Waals surface area contributed by atoms with Crippen molar-refractivity contribution in [3.05, 3.63) is 72.3 Å². The summed E-state index contributed by atoms with van der Waals surface area (Å²) in [5, 5.41) is 12.7. The molecule has 1 N–H and O–H groups in total. The summed E-state index contributed by atoms with van der Waals surface area (Å²) < 4.78 is 6.28. The molecule has 1 aliphatic rings. The van der Waals surface area contributed by atoms with Crippen LogP contribution < -0.4 is 10.1 Å². The van der Waals surface area contributed by atoms with Gasteiger partial charge in [-0.25, -0.2) is 0 Å². The molecule has 4 rings (SSSR count). The summed E-state index contributed by atoms with van der Waals surface area (Å²) in [5.41, 5.74) is 4.85. The van der Waals surface area contributed by atoms with E-state index in [9.17, 15) is 0 Å². The van der Waals surface area contributed by atoms with Crippen molar-refractivity contribution in [1.82, 2.24) is 15.2 Å². The number of aromatic nitrogens is 3. The Balaban J connectivity index is 1.75. The maximum Gasteiger partial charge on any atom is 0.247 e. The maximum absolute atomic E-state index is 6.28. The second-order valence-electron chi connectivity index (χ2n) is 6.86. The standard InChI is InChI=1S/C22H22N4OS/c1-4-13-28-22-24-21-19(25-26-22)17-7-5-6-8-18(17)23-20(27-21)16-11-9-15(10-12-16)14(2)3/h4-12,14,20,23H,1,13H2,2-3H3/t20-/m1/s1. The van der Waals surface area contributed by atoms with E-state index in [0.717, 1.165) is 22.6 Å². The van der Waals surface area contributed by atoms with E-state index in [2.05, 4.69) is 65.2 Å². The molecule has 1 atom stereocenters. The number of thioether (sulfide) groups is 1. The summed E-state index contributed by atoms with van der Waals surface area (Å²) in [7, 11) is 0. The minimum atomic E-state index is -0.363. The van der Waals surface area contributed by atoms with E-state index in [4.69, 9.17) is 4.74 Å². The maximum atomic E-state index is 6.28. The van der Waals surface area contributed by atoms with Crippen LogP contribution in [0.3, 0.4) is 0 Å². The average Bonchev–Trinajstić information content (AvgIpc) is 2.88. The lowest BCUT2D eigenvalue weighted by molar-refractivity contribution is 0.225. The third kappa shape index (κ3) is 3.73. The van der Waals surface area contributed by atoms with Gasteiger partial charge in [0.25, 0.3) is 0 Å². The van der Waals surface area contributed by atoms with E-state index in [1.165, 1.54) is 17.3 Å². The van der Waals surface area contributed by atoms with E-state index in [1.807, 2.05) is 30.3 Å². The Morgan fingerprint density at radius 1 is 1.14 bits per heavy atom. The van der Waals surface area contributed by atoms with Crippen molar-refractivity contribution >= 4 is 17.4 Å². The van der Waals surface area contributed by atoms with Crippen LogP contribution >= 0.6 is 11.8 Å². The number of hydrogen-bond acceptors (Lipinski definition) is 6. The van der Waals surface area contributed by atoms with Crippen LogP contribution in [-0.2, 0) is 0 Å². The highest BCUT2D eigenvalue weighted by molar-refractivity contribution is 7.99. The molecule has 0 saturated carbocycles. The summed E-state index contributed by atoms with van der Waals surface area (Å²) >= 11 is 1.48. The molecule has 1 aliphatic heterocycles. The normalized spacial score (nSPS) is 15.0. The van der Waals surface area contributed by atoms with Crippen LogP contribution in [0.5, 0.6) is 5.88 Å². The molecule has 2 heterocycles. The molecule has 0 amide bonds. The summed E-state index contributed by atoms with van der Waals surface area (Å²) in [5.74, 6) is 1.69. The van der Waals surface area contributed by atoms with Crippen molar-refractivity contribution in [2.45, 2.75) is 31.1 Å². The van der Waals surface area contributed by atoms with E-state index in [-0.39, 0.29) is 6.23 Å². The minimum absolute atomic E-state index is 0.363. The highest BCUT2D eigenvalue weighted by Crippen LogP contribution is 2.39. The van der Waals surface area contributed by atoms with Gasteiger partial charge in [0, 0.05) is 22.6 Å². The van der Waals surface area contributed by atoms with Crippen molar-refractivity contribution in [1.29, 1.82) is 0 Å². The number of nitrogens with zero attached hydrogens (tertiary/aromatic N) is 3. The molecule has 142 valence electrons. The molecule has 0 radical (unpaired) electrons. The van der Waals surface area contributed by atoms with Gasteiger partial charge in [-0.2, -0.15) is 4.98 Å². The zero-order valence-electron chi connectivity index (χ0n) is 15.9. The van der Waals surface area contributed by atoms with Gasteiger partial charge in [0.15, 0.2) is 11.9 Å². The van der Waals surface area contributed by atoms with Gasteiger partial charge in [0.2, 0.25) is 11.0 Å². The molecule has 0 spiro atoms. The molecule has 0 fully saturated rings. The molecule has 1 aromatic heterocycles. The molecule has 0 aliphatic carbocycles. The molecule has 6 heteroatoms. The van der Waals surface area contributed by atoms with Crippen LogP contribution in [-0.4, -0.2) is 20.9 Å². The lowest BCUT2D eigenvalue weighted by atomic mass is 10.0. The first-order chi connectivity index (χ1) is 13.7. The van der Waals surface area contributed by atoms with Gasteiger partial charge in [-0.1, -0.05) is 74.1 Å². The molecule has 0 unspecified atom stereocenters. The number of fused-ring (bicyclic) bond motifs is 3. The topological polar surface area (TPSA) is 59.9 Å². The second-order valence-corrected chi connectivity index (χ2v) is 7.84. The van der Waals surface area contributed by atoms with Crippen molar-refractivity contribution in [2.75, 3.05) is 11.1 Å².